The van der Waals surface area contributed by atoms with E-state index in [1.54, 1.807) is 6.33 Å². The summed E-state index contributed by atoms with van der Waals surface area (Å²) in [4.78, 5) is 29.9. The maximum atomic E-state index is 11.2. The van der Waals surface area contributed by atoms with E-state index in [1.807, 2.05) is 19.3 Å². The molecule has 1 atom stereocenters. The Morgan fingerprint density at radius 3 is 3.09 bits per heavy atom. The van der Waals surface area contributed by atoms with Crippen molar-refractivity contribution in [3.05, 3.63) is 41.5 Å². The molecule has 1 aliphatic rings. The van der Waals surface area contributed by atoms with E-state index in [-0.39, 0.29) is 11.9 Å². The number of carbonyl (C=O) groups is 1. The van der Waals surface area contributed by atoms with Crippen LogP contribution in [0.5, 0.6) is 0 Å². The summed E-state index contributed by atoms with van der Waals surface area (Å²) in [5, 5.41) is 2.85. The van der Waals surface area contributed by atoms with Crippen LogP contribution in [0.2, 0.25) is 0 Å². The molecule has 7 heteroatoms. The third kappa shape index (κ3) is 3.73. The molecule has 7 nitrogen and oxygen atoms in total. The van der Waals surface area contributed by atoms with Gasteiger partial charge in [-0.15, -0.1) is 0 Å². The van der Waals surface area contributed by atoms with Crippen molar-refractivity contribution in [1.29, 1.82) is 0 Å². The fourth-order valence-electron chi connectivity index (χ4n) is 3.07. The van der Waals surface area contributed by atoms with Crippen LogP contribution in [0.25, 0.3) is 0 Å². The minimum Gasteiger partial charge on any atom is -0.352 e. The molecule has 1 amide bonds. The fraction of sp³-hybridized carbons (Fsp3) is 0.500. The van der Waals surface area contributed by atoms with E-state index in [9.17, 15) is 4.79 Å². The molecule has 2 N–H and O–H groups in total. The Morgan fingerprint density at radius 1 is 1.48 bits per heavy atom. The molecule has 0 spiro atoms. The molecule has 1 aliphatic heterocycles. The molecule has 0 saturated carbocycles. The van der Waals surface area contributed by atoms with Crippen LogP contribution in [-0.2, 0) is 17.9 Å². The molecule has 1 fully saturated rings. The number of H-pyrrole nitrogens is 1. The lowest BCUT2D eigenvalue weighted by Crippen LogP contribution is -2.27. The van der Waals surface area contributed by atoms with Gasteiger partial charge < -0.3 is 10.3 Å². The molecule has 2 aromatic heterocycles. The number of rotatable bonds is 5. The summed E-state index contributed by atoms with van der Waals surface area (Å²) < 4.78 is 0. The van der Waals surface area contributed by atoms with Crippen LogP contribution < -0.4 is 5.32 Å². The van der Waals surface area contributed by atoms with Gasteiger partial charge in [-0.2, -0.15) is 0 Å². The molecule has 122 valence electrons. The molecular formula is C16H22N6O. The monoisotopic (exact) mass is 314 g/mol. The highest BCUT2D eigenvalue weighted by Gasteiger charge is 2.29. The highest BCUT2D eigenvalue weighted by atomic mass is 16.1. The lowest BCUT2D eigenvalue weighted by atomic mass is 10.1. The van der Waals surface area contributed by atoms with Gasteiger partial charge in [0.2, 0.25) is 5.91 Å². The number of nitrogens with one attached hydrogen (secondary N) is 2. The Morgan fingerprint density at radius 2 is 2.35 bits per heavy atom. The van der Waals surface area contributed by atoms with Crippen LogP contribution in [0.1, 0.15) is 48.6 Å². The van der Waals surface area contributed by atoms with E-state index in [0.717, 1.165) is 48.7 Å². The van der Waals surface area contributed by atoms with Crippen molar-refractivity contribution in [2.24, 2.45) is 0 Å². The number of hydrogen-bond acceptors (Lipinski definition) is 5. The summed E-state index contributed by atoms with van der Waals surface area (Å²) in [5.74, 6) is 0.720. The van der Waals surface area contributed by atoms with E-state index in [1.165, 1.54) is 6.92 Å². The summed E-state index contributed by atoms with van der Waals surface area (Å²) in [7, 11) is 0. The van der Waals surface area contributed by atoms with E-state index < -0.39 is 0 Å². The number of aromatic nitrogens is 4. The first-order valence-corrected chi connectivity index (χ1v) is 7.91. The zero-order valence-electron chi connectivity index (χ0n) is 13.5. The Labute approximate surface area is 135 Å². The quantitative estimate of drug-likeness (QED) is 0.873. The van der Waals surface area contributed by atoms with Crippen LogP contribution in [0.15, 0.2) is 18.7 Å². The van der Waals surface area contributed by atoms with E-state index in [4.69, 9.17) is 0 Å². The maximum absolute atomic E-state index is 11.2. The first kappa shape index (κ1) is 15.6. The van der Waals surface area contributed by atoms with Crippen LogP contribution >= 0.6 is 0 Å². The molecule has 23 heavy (non-hydrogen) atoms. The molecule has 0 radical (unpaired) electrons. The Balaban J connectivity index is 1.83. The lowest BCUT2D eigenvalue weighted by Gasteiger charge is -2.25. The van der Waals surface area contributed by atoms with E-state index in [2.05, 4.69) is 30.2 Å². The summed E-state index contributed by atoms with van der Waals surface area (Å²) in [5.41, 5.74) is 3.13. The Hall–Kier alpha value is -2.28. The van der Waals surface area contributed by atoms with Crippen LogP contribution in [0, 0.1) is 6.92 Å². The van der Waals surface area contributed by atoms with Crippen molar-refractivity contribution in [3.8, 4) is 0 Å². The summed E-state index contributed by atoms with van der Waals surface area (Å²) >= 11 is 0. The minimum absolute atomic E-state index is 0.0442. The molecular weight excluding hydrogens is 292 g/mol. The average Bonchev–Trinajstić information content (AvgIpc) is 3.18. The number of carbonyl (C=O) groups excluding carboxylic acids is 1. The van der Waals surface area contributed by atoms with Crippen LogP contribution in [0.3, 0.4) is 0 Å². The molecule has 0 aliphatic carbocycles. The largest absolute Gasteiger partial charge is 0.352 e. The number of hydrogen-bond donors (Lipinski definition) is 2. The van der Waals surface area contributed by atoms with Gasteiger partial charge in [0, 0.05) is 43.7 Å². The van der Waals surface area contributed by atoms with Gasteiger partial charge in [0.15, 0.2) is 0 Å². The van der Waals surface area contributed by atoms with Crippen molar-refractivity contribution in [1.82, 2.24) is 30.2 Å². The molecule has 0 aromatic carbocycles. The van der Waals surface area contributed by atoms with Crippen molar-refractivity contribution in [2.45, 2.75) is 45.8 Å². The summed E-state index contributed by atoms with van der Waals surface area (Å²) in [6, 6.07) is 0.253. The van der Waals surface area contributed by atoms with Crippen molar-refractivity contribution >= 4 is 5.91 Å². The maximum Gasteiger partial charge on any atom is 0.217 e. The van der Waals surface area contributed by atoms with Gasteiger partial charge in [0.1, 0.15) is 5.82 Å². The van der Waals surface area contributed by atoms with Crippen LogP contribution in [-0.4, -0.2) is 37.3 Å². The smallest absolute Gasteiger partial charge is 0.217 e. The molecule has 1 saturated heterocycles. The zero-order valence-corrected chi connectivity index (χ0v) is 13.5. The number of amides is 1. The first-order valence-electron chi connectivity index (χ1n) is 7.91. The van der Waals surface area contributed by atoms with Crippen molar-refractivity contribution < 1.29 is 4.79 Å². The normalized spacial score (nSPS) is 18.3. The molecule has 0 bridgehead atoms. The van der Waals surface area contributed by atoms with Crippen molar-refractivity contribution in [3.63, 3.8) is 0 Å². The van der Waals surface area contributed by atoms with Gasteiger partial charge in [-0.1, -0.05) is 0 Å². The topological polar surface area (TPSA) is 86.8 Å². The highest BCUT2D eigenvalue weighted by Crippen LogP contribution is 2.33. The highest BCUT2D eigenvalue weighted by molar-refractivity contribution is 5.72. The average molecular weight is 314 g/mol. The van der Waals surface area contributed by atoms with Gasteiger partial charge in [-0.05, 0) is 26.3 Å². The Kier molecular flexibility index (Phi) is 4.66. The Bertz CT molecular complexity index is 669. The summed E-state index contributed by atoms with van der Waals surface area (Å²) in [6.07, 6.45) is 7.61. The van der Waals surface area contributed by atoms with Crippen LogP contribution in [0.4, 0.5) is 0 Å². The molecule has 3 rings (SSSR count). The first-order chi connectivity index (χ1) is 11.1. The number of imidazole rings is 1. The number of nitrogens with zero attached hydrogens (tertiary/aromatic N) is 4. The lowest BCUT2D eigenvalue weighted by molar-refractivity contribution is -0.119. The van der Waals surface area contributed by atoms with Gasteiger partial charge >= 0.3 is 0 Å². The minimum atomic E-state index is -0.0442. The zero-order chi connectivity index (χ0) is 16.2. The molecule has 0 unspecified atom stereocenters. The summed E-state index contributed by atoms with van der Waals surface area (Å²) in [6.45, 7) is 5.76. The predicted molar refractivity (Wildman–Crippen MR) is 85.3 cm³/mol. The number of aryl methyl sites for hydroxylation is 1. The molecule has 3 heterocycles. The SMILES string of the molecule is CC(=O)NCc1cnc(C)nc1[C@@H]1CCCN1Cc1cnc[nH]1. The second kappa shape index (κ2) is 6.87. The van der Waals surface area contributed by atoms with Gasteiger partial charge in [-0.25, -0.2) is 15.0 Å². The van der Waals surface area contributed by atoms with Gasteiger partial charge in [0.25, 0.3) is 0 Å². The van der Waals surface area contributed by atoms with E-state index in [0.29, 0.717) is 6.54 Å². The molecule has 2 aromatic rings. The predicted octanol–water partition coefficient (Wildman–Crippen LogP) is 1.48. The second-order valence-corrected chi connectivity index (χ2v) is 5.94. The van der Waals surface area contributed by atoms with Gasteiger partial charge in [0.05, 0.1) is 18.1 Å². The third-order valence-electron chi connectivity index (χ3n) is 4.15. The number of aromatic amines is 1. The van der Waals surface area contributed by atoms with Crippen molar-refractivity contribution in [2.75, 3.05) is 6.54 Å². The van der Waals surface area contributed by atoms with Gasteiger partial charge in [-0.3, -0.25) is 9.69 Å². The fourth-order valence-corrected chi connectivity index (χ4v) is 3.07. The standard InChI is InChI=1S/C16H22N6O/c1-11-18-6-13(7-19-12(2)23)16(21-11)15-4-3-5-22(15)9-14-8-17-10-20-14/h6,8,10,15H,3-5,7,9H2,1-2H3,(H,17,20)(H,19,23)/t15-/m0/s1. The van der Waals surface area contributed by atoms with E-state index >= 15 is 0 Å². The number of likely N-dealkylation sites (tertiary alicyclic amines) is 1. The second-order valence-electron chi connectivity index (χ2n) is 5.94. The third-order valence-corrected chi connectivity index (χ3v) is 4.15.